The number of nitrogens with two attached hydrogens (primary N) is 1. The van der Waals surface area contributed by atoms with Gasteiger partial charge in [0.05, 0.1) is 0 Å². The summed E-state index contributed by atoms with van der Waals surface area (Å²) in [7, 11) is -2.29. The molecule has 2 rings (SSSR count). The van der Waals surface area contributed by atoms with E-state index in [1.54, 1.807) is 4.90 Å². The van der Waals surface area contributed by atoms with Gasteiger partial charge in [-0.2, -0.15) is 0 Å². The van der Waals surface area contributed by atoms with Crippen LogP contribution >= 0.6 is 0 Å². The number of amides is 1. The summed E-state index contributed by atoms with van der Waals surface area (Å²) in [6.45, 7) is 1.16. The van der Waals surface area contributed by atoms with E-state index in [4.69, 9.17) is 5.14 Å². The van der Waals surface area contributed by atoms with Gasteiger partial charge in [0.15, 0.2) is 0 Å². The molecule has 0 spiro atoms. The number of likely N-dealkylation sites (N-methyl/N-ethyl adjacent to an activating group) is 1. The molecule has 0 unspecified atom stereocenters. The SMILES string of the molecule is CN[C@@H]1CCCN(C(=O)c2ccc(S(N)(=O)=O)c(F)c2)C1. The van der Waals surface area contributed by atoms with E-state index >= 15 is 0 Å². The maximum Gasteiger partial charge on any atom is 0.254 e. The normalized spacial score (nSPS) is 19.6. The highest BCUT2D eigenvalue weighted by Crippen LogP contribution is 2.18. The summed E-state index contributed by atoms with van der Waals surface area (Å²) in [6, 6.07) is 3.45. The van der Waals surface area contributed by atoms with Gasteiger partial charge in [-0.3, -0.25) is 4.79 Å². The number of likely N-dealkylation sites (tertiary alicyclic amines) is 1. The maximum atomic E-state index is 13.8. The number of sulfonamides is 1. The summed E-state index contributed by atoms with van der Waals surface area (Å²) in [6.07, 6.45) is 1.86. The second-order valence-corrected chi connectivity index (χ2v) is 6.60. The third kappa shape index (κ3) is 3.58. The van der Waals surface area contributed by atoms with Gasteiger partial charge in [0, 0.05) is 24.7 Å². The Kier molecular flexibility index (Phi) is 4.60. The summed E-state index contributed by atoms with van der Waals surface area (Å²) in [5.74, 6) is -1.32. The summed E-state index contributed by atoms with van der Waals surface area (Å²) < 4.78 is 36.1. The quantitative estimate of drug-likeness (QED) is 0.839. The van der Waals surface area contributed by atoms with Crippen molar-refractivity contribution >= 4 is 15.9 Å². The second-order valence-electron chi connectivity index (χ2n) is 5.07. The van der Waals surface area contributed by atoms with Crippen molar-refractivity contribution in [3.8, 4) is 0 Å². The zero-order chi connectivity index (χ0) is 15.6. The van der Waals surface area contributed by atoms with Crippen molar-refractivity contribution in [2.75, 3.05) is 20.1 Å². The van der Waals surface area contributed by atoms with E-state index in [2.05, 4.69) is 5.32 Å². The van der Waals surface area contributed by atoms with Crippen LogP contribution in [0.3, 0.4) is 0 Å². The second kappa shape index (κ2) is 6.08. The summed E-state index contributed by atoms with van der Waals surface area (Å²) in [5, 5.41) is 8.01. The molecule has 1 aliphatic rings. The van der Waals surface area contributed by atoms with Crippen molar-refractivity contribution in [1.82, 2.24) is 10.2 Å². The summed E-state index contributed by atoms with van der Waals surface area (Å²) in [4.78, 5) is 13.4. The Morgan fingerprint density at radius 3 is 2.76 bits per heavy atom. The van der Waals surface area contributed by atoms with E-state index in [0.717, 1.165) is 25.0 Å². The van der Waals surface area contributed by atoms with Crippen LogP contribution in [0.5, 0.6) is 0 Å². The Morgan fingerprint density at radius 2 is 2.19 bits per heavy atom. The minimum atomic E-state index is -4.12. The lowest BCUT2D eigenvalue weighted by Gasteiger charge is -2.32. The fourth-order valence-electron chi connectivity index (χ4n) is 2.44. The van der Waals surface area contributed by atoms with Crippen molar-refractivity contribution in [2.45, 2.75) is 23.8 Å². The van der Waals surface area contributed by atoms with Crippen LogP contribution in [0.4, 0.5) is 4.39 Å². The number of piperidine rings is 1. The Balaban J connectivity index is 2.22. The van der Waals surface area contributed by atoms with E-state index in [1.165, 1.54) is 6.07 Å². The molecular weight excluding hydrogens is 297 g/mol. The average Bonchev–Trinajstić information content (AvgIpc) is 2.45. The number of nitrogens with zero attached hydrogens (tertiary/aromatic N) is 1. The third-order valence-electron chi connectivity index (χ3n) is 3.60. The Hall–Kier alpha value is -1.51. The van der Waals surface area contributed by atoms with Crippen LogP contribution in [0.2, 0.25) is 0 Å². The first kappa shape index (κ1) is 15.9. The third-order valence-corrected chi connectivity index (χ3v) is 4.55. The summed E-state index contributed by atoms with van der Waals surface area (Å²) >= 11 is 0. The van der Waals surface area contributed by atoms with Crippen LogP contribution in [0.15, 0.2) is 23.1 Å². The minimum Gasteiger partial charge on any atom is -0.337 e. The van der Waals surface area contributed by atoms with Gasteiger partial charge in [-0.05, 0) is 38.1 Å². The smallest absolute Gasteiger partial charge is 0.254 e. The fraction of sp³-hybridized carbons (Fsp3) is 0.462. The Bertz CT molecular complexity index is 648. The summed E-state index contributed by atoms with van der Waals surface area (Å²) in [5.41, 5.74) is 0.122. The molecule has 1 aliphatic heterocycles. The molecular formula is C13H18FN3O3S. The average molecular weight is 315 g/mol. The topological polar surface area (TPSA) is 92.5 Å². The molecule has 1 aromatic rings. The largest absolute Gasteiger partial charge is 0.337 e. The van der Waals surface area contributed by atoms with E-state index < -0.39 is 20.7 Å². The van der Waals surface area contributed by atoms with Gasteiger partial charge in [0.25, 0.3) is 5.91 Å². The maximum absolute atomic E-state index is 13.8. The number of benzene rings is 1. The molecule has 0 radical (unpaired) electrons. The number of nitrogens with one attached hydrogen (secondary N) is 1. The van der Waals surface area contributed by atoms with Crippen LogP contribution in [0.25, 0.3) is 0 Å². The lowest BCUT2D eigenvalue weighted by molar-refractivity contribution is 0.0697. The predicted octanol–water partition coefficient (Wildman–Crippen LogP) is 0.297. The van der Waals surface area contributed by atoms with E-state index in [1.807, 2.05) is 7.05 Å². The molecule has 3 N–H and O–H groups in total. The number of halogens is 1. The molecule has 0 bridgehead atoms. The molecule has 0 saturated carbocycles. The lowest BCUT2D eigenvalue weighted by Crippen LogP contribution is -2.47. The molecule has 1 saturated heterocycles. The van der Waals surface area contributed by atoms with Crippen molar-refractivity contribution in [3.63, 3.8) is 0 Å². The predicted molar refractivity (Wildman–Crippen MR) is 75.8 cm³/mol. The zero-order valence-electron chi connectivity index (χ0n) is 11.7. The van der Waals surface area contributed by atoms with Crippen LogP contribution < -0.4 is 10.5 Å². The van der Waals surface area contributed by atoms with Crippen molar-refractivity contribution in [3.05, 3.63) is 29.6 Å². The molecule has 8 heteroatoms. The molecule has 1 heterocycles. The fourth-order valence-corrected chi connectivity index (χ4v) is 3.03. The molecule has 1 aromatic carbocycles. The minimum absolute atomic E-state index is 0.122. The van der Waals surface area contributed by atoms with Gasteiger partial charge in [0.1, 0.15) is 10.7 Å². The number of rotatable bonds is 3. The highest BCUT2D eigenvalue weighted by Gasteiger charge is 2.25. The number of hydrogen-bond donors (Lipinski definition) is 2. The standard InChI is InChI=1S/C13H18FN3O3S/c1-16-10-3-2-6-17(8-10)13(18)9-4-5-12(11(14)7-9)21(15,19)20/h4-5,7,10,16H,2-3,6,8H2,1H3,(H2,15,19,20)/t10-/m1/s1. The lowest BCUT2D eigenvalue weighted by atomic mass is 10.0. The molecule has 0 aromatic heterocycles. The number of carbonyl (C=O) groups is 1. The first-order chi connectivity index (χ1) is 9.82. The highest BCUT2D eigenvalue weighted by molar-refractivity contribution is 7.89. The van der Waals surface area contributed by atoms with Crippen LogP contribution in [-0.2, 0) is 10.0 Å². The zero-order valence-corrected chi connectivity index (χ0v) is 12.5. The molecule has 21 heavy (non-hydrogen) atoms. The van der Waals surface area contributed by atoms with Crippen LogP contribution in [0.1, 0.15) is 23.2 Å². The molecule has 1 amide bonds. The number of carbonyl (C=O) groups excluding carboxylic acids is 1. The van der Waals surface area contributed by atoms with Crippen molar-refractivity contribution in [1.29, 1.82) is 0 Å². The highest BCUT2D eigenvalue weighted by atomic mass is 32.2. The molecule has 116 valence electrons. The monoisotopic (exact) mass is 315 g/mol. The number of primary sulfonamides is 1. The molecule has 0 aliphatic carbocycles. The van der Waals surface area contributed by atoms with Crippen LogP contribution in [-0.4, -0.2) is 45.4 Å². The van der Waals surface area contributed by atoms with Gasteiger partial charge in [0.2, 0.25) is 10.0 Å². The molecule has 6 nitrogen and oxygen atoms in total. The van der Waals surface area contributed by atoms with E-state index in [9.17, 15) is 17.6 Å². The van der Waals surface area contributed by atoms with E-state index in [0.29, 0.717) is 13.1 Å². The Morgan fingerprint density at radius 1 is 1.48 bits per heavy atom. The first-order valence-corrected chi connectivity index (χ1v) is 8.16. The first-order valence-electron chi connectivity index (χ1n) is 6.62. The van der Waals surface area contributed by atoms with Gasteiger partial charge in [-0.15, -0.1) is 0 Å². The van der Waals surface area contributed by atoms with Gasteiger partial charge in [-0.25, -0.2) is 17.9 Å². The molecule has 1 fully saturated rings. The van der Waals surface area contributed by atoms with Gasteiger partial charge >= 0.3 is 0 Å². The van der Waals surface area contributed by atoms with Crippen LogP contribution in [0, 0.1) is 5.82 Å². The molecule has 1 atom stereocenters. The van der Waals surface area contributed by atoms with Gasteiger partial charge < -0.3 is 10.2 Å². The Labute approximate surface area is 123 Å². The van der Waals surface area contributed by atoms with Gasteiger partial charge in [-0.1, -0.05) is 0 Å². The van der Waals surface area contributed by atoms with Crippen molar-refractivity contribution in [2.24, 2.45) is 5.14 Å². The van der Waals surface area contributed by atoms with Crippen molar-refractivity contribution < 1.29 is 17.6 Å². The van der Waals surface area contributed by atoms with E-state index in [-0.39, 0.29) is 17.5 Å². The number of hydrogen-bond acceptors (Lipinski definition) is 4.